The molecule has 6 heteroatoms. The number of aliphatic carboxylic acids is 1. The predicted octanol–water partition coefficient (Wildman–Crippen LogP) is 2.14. The molecule has 0 spiro atoms. The molecule has 22 heavy (non-hydrogen) atoms. The van der Waals surface area contributed by atoms with Crippen LogP contribution in [-0.2, 0) is 16.0 Å². The number of carbonyl (C=O) groups excluding carboxylic acids is 1. The number of ether oxygens (including phenoxy) is 1. The summed E-state index contributed by atoms with van der Waals surface area (Å²) >= 11 is 0. The van der Waals surface area contributed by atoms with Crippen molar-refractivity contribution in [2.24, 2.45) is 0 Å². The number of alkyl carbamates (subject to hydrolysis) is 1. The Morgan fingerprint density at radius 3 is 2.95 bits per heavy atom. The molecular weight excluding hydrogens is 284 g/mol. The predicted molar refractivity (Wildman–Crippen MR) is 81.6 cm³/mol. The minimum absolute atomic E-state index is 0.0276. The summed E-state index contributed by atoms with van der Waals surface area (Å²) in [5, 5.41) is 12.5. The molecule has 1 atom stereocenters. The Balaban J connectivity index is 2.10. The summed E-state index contributed by atoms with van der Waals surface area (Å²) < 4.78 is 4.74. The summed E-state index contributed by atoms with van der Waals surface area (Å²) in [6.07, 6.45) is 2.48. The monoisotopic (exact) mass is 300 g/mol. The number of benzene rings is 1. The number of carboxylic acids is 1. The third-order valence-corrected chi connectivity index (χ3v) is 3.03. The van der Waals surface area contributed by atoms with Crippen LogP contribution < -0.4 is 5.32 Å². The van der Waals surface area contributed by atoms with E-state index in [0.29, 0.717) is 0 Å². The van der Waals surface area contributed by atoms with Gasteiger partial charge in [0.1, 0.15) is 12.6 Å². The molecule has 0 aliphatic heterocycles. The number of nitrogens with zero attached hydrogens (tertiary/aromatic N) is 1. The largest absolute Gasteiger partial charge is 0.480 e. The van der Waals surface area contributed by atoms with Crippen LogP contribution in [0.15, 0.2) is 49.2 Å². The van der Waals surface area contributed by atoms with Gasteiger partial charge in [-0.05, 0) is 23.8 Å². The number of amides is 1. The number of pyridine rings is 1. The quantitative estimate of drug-likeness (QED) is 0.798. The van der Waals surface area contributed by atoms with Crippen molar-refractivity contribution >= 4 is 23.0 Å². The van der Waals surface area contributed by atoms with Gasteiger partial charge in [-0.15, -0.1) is 0 Å². The van der Waals surface area contributed by atoms with E-state index in [-0.39, 0.29) is 13.0 Å². The van der Waals surface area contributed by atoms with Crippen LogP contribution in [0, 0.1) is 0 Å². The second kappa shape index (κ2) is 7.21. The van der Waals surface area contributed by atoms with Crippen LogP contribution >= 0.6 is 0 Å². The van der Waals surface area contributed by atoms with Crippen molar-refractivity contribution in [3.63, 3.8) is 0 Å². The lowest BCUT2D eigenvalue weighted by Crippen LogP contribution is -2.42. The molecule has 1 aromatic heterocycles. The maximum atomic E-state index is 11.5. The molecule has 0 radical (unpaired) electrons. The summed E-state index contributed by atoms with van der Waals surface area (Å²) in [6.45, 7) is 3.44. The Bertz CT molecular complexity index is 699. The first-order chi connectivity index (χ1) is 10.6. The fourth-order valence-corrected chi connectivity index (χ4v) is 2.01. The highest BCUT2D eigenvalue weighted by Gasteiger charge is 2.21. The summed E-state index contributed by atoms with van der Waals surface area (Å²) in [6, 6.07) is 8.11. The van der Waals surface area contributed by atoms with Gasteiger partial charge < -0.3 is 15.2 Å². The minimum Gasteiger partial charge on any atom is -0.480 e. The van der Waals surface area contributed by atoms with Gasteiger partial charge in [-0.25, -0.2) is 9.59 Å². The third-order valence-electron chi connectivity index (χ3n) is 3.03. The fourth-order valence-electron chi connectivity index (χ4n) is 2.01. The molecule has 114 valence electrons. The van der Waals surface area contributed by atoms with E-state index in [1.165, 1.54) is 6.08 Å². The topological polar surface area (TPSA) is 88.5 Å². The van der Waals surface area contributed by atoms with Crippen molar-refractivity contribution in [3.8, 4) is 0 Å². The number of nitrogens with one attached hydrogen (secondary N) is 1. The van der Waals surface area contributed by atoms with E-state index >= 15 is 0 Å². The van der Waals surface area contributed by atoms with E-state index in [9.17, 15) is 14.7 Å². The van der Waals surface area contributed by atoms with Gasteiger partial charge in [-0.3, -0.25) is 4.98 Å². The standard InChI is InChI=1S/C16H16N2O4/c1-2-8-22-16(21)18-14(15(19)20)10-11-5-6-13-12(9-11)4-3-7-17-13/h2-7,9,14H,1,8,10H2,(H,18,21)(H,19,20)/t14-/m0/s1. The van der Waals surface area contributed by atoms with Crippen LogP contribution in [0.25, 0.3) is 10.9 Å². The Kier molecular flexibility index (Phi) is 5.08. The molecule has 1 amide bonds. The van der Waals surface area contributed by atoms with E-state index in [2.05, 4.69) is 16.9 Å². The first-order valence-corrected chi connectivity index (χ1v) is 6.71. The van der Waals surface area contributed by atoms with Crippen molar-refractivity contribution in [2.75, 3.05) is 6.61 Å². The van der Waals surface area contributed by atoms with Crippen LogP contribution in [0.4, 0.5) is 4.79 Å². The maximum Gasteiger partial charge on any atom is 0.408 e. The highest BCUT2D eigenvalue weighted by Crippen LogP contribution is 2.14. The molecule has 2 rings (SSSR count). The highest BCUT2D eigenvalue weighted by atomic mass is 16.5. The zero-order valence-corrected chi connectivity index (χ0v) is 11.9. The van der Waals surface area contributed by atoms with Gasteiger partial charge in [0, 0.05) is 18.0 Å². The summed E-state index contributed by atoms with van der Waals surface area (Å²) in [7, 11) is 0. The number of carboxylic acid groups (broad SMARTS) is 1. The molecule has 1 aromatic carbocycles. The van der Waals surface area contributed by atoms with E-state index in [1.54, 1.807) is 12.3 Å². The van der Waals surface area contributed by atoms with Gasteiger partial charge in [0.05, 0.1) is 5.52 Å². The van der Waals surface area contributed by atoms with Crippen LogP contribution in [0.1, 0.15) is 5.56 Å². The molecular formula is C16H16N2O4. The van der Waals surface area contributed by atoms with Gasteiger partial charge in [0.25, 0.3) is 0 Å². The molecule has 0 aliphatic carbocycles. The van der Waals surface area contributed by atoms with Crippen molar-refractivity contribution in [1.82, 2.24) is 10.3 Å². The molecule has 0 fully saturated rings. The number of fused-ring (bicyclic) bond motifs is 1. The van der Waals surface area contributed by atoms with Gasteiger partial charge >= 0.3 is 12.1 Å². The lowest BCUT2D eigenvalue weighted by Gasteiger charge is -2.14. The van der Waals surface area contributed by atoms with Crippen molar-refractivity contribution in [2.45, 2.75) is 12.5 Å². The molecule has 0 bridgehead atoms. The molecule has 2 aromatic rings. The van der Waals surface area contributed by atoms with Crippen molar-refractivity contribution in [3.05, 3.63) is 54.7 Å². The molecule has 1 heterocycles. The van der Waals surface area contributed by atoms with Crippen LogP contribution in [-0.4, -0.2) is 34.8 Å². The molecule has 0 unspecified atom stereocenters. The zero-order valence-electron chi connectivity index (χ0n) is 11.9. The Labute approximate surface area is 127 Å². The summed E-state index contributed by atoms with van der Waals surface area (Å²) in [5.74, 6) is -1.12. The SMILES string of the molecule is C=CCOC(=O)N[C@@H](Cc1ccc2ncccc2c1)C(=O)O. The maximum absolute atomic E-state index is 11.5. The van der Waals surface area contributed by atoms with Crippen LogP contribution in [0.2, 0.25) is 0 Å². The van der Waals surface area contributed by atoms with Crippen molar-refractivity contribution < 1.29 is 19.4 Å². The smallest absolute Gasteiger partial charge is 0.408 e. The minimum atomic E-state index is -1.12. The highest BCUT2D eigenvalue weighted by molar-refractivity contribution is 5.81. The number of hydrogen-bond donors (Lipinski definition) is 2. The third kappa shape index (κ3) is 4.05. The molecule has 0 aliphatic rings. The van der Waals surface area contributed by atoms with E-state index in [4.69, 9.17) is 4.74 Å². The normalized spacial score (nSPS) is 11.6. The average Bonchev–Trinajstić information content (AvgIpc) is 2.52. The van der Waals surface area contributed by atoms with E-state index in [1.807, 2.05) is 24.3 Å². The summed E-state index contributed by atoms with van der Waals surface area (Å²) in [4.78, 5) is 26.9. The molecule has 2 N–H and O–H groups in total. The van der Waals surface area contributed by atoms with Gasteiger partial charge in [0.15, 0.2) is 0 Å². The number of carbonyl (C=O) groups is 2. The van der Waals surface area contributed by atoms with Gasteiger partial charge in [-0.2, -0.15) is 0 Å². The Morgan fingerprint density at radius 2 is 2.23 bits per heavy atom. The van der Waals surface area contributed by atoms with Crippen LogP contribution in [0.5, 0.6) is 0 Å². The Hall–Kier alpha value is -2.89. The first kappa shape index (κ1) is 15.5. The zero-order chi connectivity index (χ0) is 15.9. The van der Waals surface area contributed by atoms with Crippen molar-refractivity contribution in [1.29, 1.82) is 0 Å². The first-order valence-electron chi connectivity index (χ1n) is 6.71. The van der Waals surface area contributed by atoms with E-state index in [0.717, 1.165) is 16.5 Å². The second-order valence-corrected chi connectivity index (χ2v) is 4.66. The second-order valence-electron chi connectivity index (χ2n) is 4.66. The lowest BCUT2D eigenvalue weighted by atomic mass is 10.0. The average molecular weight is 300 g/mol. The fraction of sp³-hybridized carbons (Fsp3) is 0.188. The lowest BCUT2D eigenvalue weighted by molar-refractivity contribution is -0.139. The Morgan fingerprint density at radius 1 is 1.41 bits per heavy atom. The number of rotatable bonds is 6. The summed E-state index contributed by atoms with van der Waals surface area (Å²) in [5.41, 5.74) is 1.62. The van der Waals surface area contributed by atoms with Gasteiger partial charge in [0.2, 0.25) is 0 Å². The molecule has 0 saturated heterocycles. The molecule has 0 saturated carbocycles. The van der Waals surface area contributed by atoms with Crippen LogP contribution in [0.3, 0.4) is 0 Å². The number of hydrogen-bond acceptors (Lipinski definition) is 4. The molecule has 6 nitrogen and oxygen atoms in total. The van der Waals surface area contributed by atoms with Gasteiger partial charge in [-0.1, -0.05) is 24.8 Å². The number of aromatic nitrogens is 1. The van der Waals surface area contributed by atoms with E-state index < -0.39 is 18.1 Å².